The molecule has 1 rings (SSSR count). The third-order valence-corrected chi connectivity index (χ3v) is 2.81. The molecule has 0 aliphatic carbocycles. The summed E-state index contributed by atoms with van der Waals surface area (Å²) < 4.78 is 0. The predicted octanol–water partition coefficient (Wildman–Crippen LogP) is 2.41. The van der Waals surface area contributed by atoms with E-state index in [4.69, 9.17) is 5.11 Å². The molecule has 1 aromatic rings. The van der Waals surface area contributed by atoms with Crippen molar-refractivity contribution in [3.8, 4) is 0 Å². The Kier molecular flexibility index (Phi) is 6.18. The number of rotatable bonds is 7. The lowest BCUT2D eigenvalue weighted by Gasteiger charge is -2.10. The standard InChI is InChI=1S/C15H22N2O3/c1-10(2)16-8-4-5-14(18)17-13-7-6-11(3)9-12(13)15(19)20/h6-7,9-10,16H,4-5,8H2,1-3H3,(H,17,18)(H,19,20). The van der Waals surface area contributed by atoms with Crippen molar-refractivity contribution >= 4 is 17.6 Å². The number of carboxylic acid groups (broad SMARTS) is 1. The summed E-state index contributed by atoms with van der Waals surface area (Å²) in [6.45, 7) is 6.68. The van der Waals surface area contributed by atoms with Crippen LogP contribution in [0.25, 0.3) is 0 Å². The van der Waals surface area contributed by atoms with Gasteiger partial charge >= 0.3 is 5.97 Å². The van der Waals surface area contributed by atoms with Crippen molar-refractivity contribution in [2.24, 2.45) is 0 Å². The van der Waals surface area contributed by atoms with Crippen LogP contribution >= 0.6 is 0 Å². The highest BCUT2D eigenvalue weighted by atomic mass is 16.4. The van der Waals surface area contributed by atoms with Crippen molar-refractivity contribution in [3.63, 3.8) is 0 Å². The van der Waals surface area contributed by atoms with E-state index in [0.717, 1.165) is 18.5 Å². The number of benzene rings is 1. The number of aromatic carboxylic acids is 1. The van der Waals surface area contributed by atoms with Crippen LogP contribution in [-0.4, -0.2) is 29.6 Å². The first kappa shape index (κ1) is 16.2. The molecule has 0 saturated carbocycles. The summed E-state index contributed by atoms with van der Waals surface area (Å²) in [6, 6.07) is 5.36. The van der Waals surface area contributed by atoms with Crippen LogP contribution in [0.2, 0.25) is 0 Å². The third-order valence-electron chi connectivity index (χ3n) is 2.81. The second-order valence-electron chi connectivity index (χ2n) is 5.11. The van der Waals surface area contributed by atoms with Crippen LogP contribution in [0.5, 0.6) is 0 Å². The first-order chi connectivity index (χ1) is 9.40. The van der Waals surface area contributed by atoms with E-state index in [0.29, 0.717) is 18.2 Å². The van der Waals surface area contributed by atoms with E-state index >= 15 is 0 Å². The van der Waals surface area contributed by atoms with E-state index in [2.05, 4.69) is 10.6 Å². The van der Waals surface area contributed by atoms with Gasteiger partial charge in [0.2, 0.25) is 5.91 Å². The largest absolute Gasteiger partial charge is 0.478 e. The molecule has 0 fully saturated rings. The van der Waals surface area contributed by atoms with Gasteiger partial charge in [0.15, 0.2) is 0 Å². The molecule has 3 N–H and O–H groups in total. The lowest BCUT2D eigenvalue weighted by molar-refractivity contribution is -0.116. The fourth-order valence-electron chi connectivity index (χ4n) is 1.80. The van der Waals surface area contributed by atoms with Gasteiger partial charge in [-0.3, -0.25) is 4.79 Å². The molecule has 5 heteroatoms. The molecule has 0 heterocycles. The van der Waals surface area contributed by atoms with Gasteiger partial charge in [0, 0.05) is 12.5 Å². The SMILES string of the molecule is Cc1ccc(NC(=O)CCCNC(C)C)c(C(=O)O)c1. The Labute approximate surface area is 119 Å². The van der Waals surface area contributed by atoms with E-state index in [-0.39, 0.29) is 11.5 Å². The first-order valence-corrected chi connectivity index (χ1v) is 6.77. The highest BCUT2D eigenvalue weighted by molar-refractivity contribution is 6.00. The van der Waals surface area contributed by atoms with Gasteiger partial charge in [0.25, 0.3) is 0 Å². The topological polar surface area (TPSA) is 78.4 Å². The molecule has 0 unspecified atom stereocenters. The number of amides is 1. The van der Waals surface area contributed by atoms with Crippen LogP contribution in [0, 0.1) is 6.92 Å². The summed E-state index contributed by atoms with van der Waals surface area (Å²) in [6.07, 6.45) is 1.09. The zero-order valence-corrected chi connectivity index (χ0v) is 12.2. The smallest absolute Gasteiger partial charge is 0.337 e. The molecule has 0 aromatic heterocycles. The predicted molar refractivity (Wildman–Crippen MR) is 79.1 cm³/mol. The summed E-state index contributed by atoms with van der Waals surface area (Å²) in [7, 11) is 0. The molecular weight excluding hydrogens is 256 g/mol. The average Bonchev–Trinajstić information content (AvgIpc) is 2.36. The number of aryl methyl sites for hydroxylation is 1. The van der Waals surface area contributed by atoms with Gasteiger partial charge in [0.1, 0.15) is 0 Å². The third kappa shape index (κ3) is 5.40. The van der Waals surface area contributed by atoms with Gasteiger partial charge in [-0.15, -0.1) is 0 Å². The molecule has 1 amide bonds. The van der Waals surface area contributed by atoms with Gasteiger partial charge in [-0.1, -0.05) is 25.5 Å². The van der Waals surface area contributed by atoms with Gasteiger partial charge < -0.3 is 15.7 Å². The lowest BCUT2D eigenvalue weighted by Crippen LogP contribution is -2.25. The summed E-state index contributed by atoms with van der Waals surface area (Å²) in [5.74, 6) is -1.20. The molecule has 0 bridgehead atoms. The maximum Gasteiger partial charge on any atom is 0.337 e. The Balaban J connectivity index is 2.55. The fourth-order valence-corrected chi connectivity index (χ4v) is 1.80. The normalized spacial score (nSPS) is 10.6. The average molecular weight is 278 g/mol. The van der Waals surface area contributed by atoms with Crippen molar-refractivity contribution in [1.82, 2.24) is 5.32 Å². The van der Waals surface area contributed by atoms with Crippen LogP contribution in [0.1, 0.15) is 42.6 Å². The van der Waals surface area contributed by atoms with Crippen LogP contribution < -0.4 is 10.6 Å². The van der Waals surface area contributed by atoms with E-state index in [9.17, 15) is 9.59 Å². The molecular formula is C15H22N2O3. The van der Waals surface area contributed by atoms with Gasteiger partial charge in [-0.2, -0.15) is 0 Å². The zero-order valence-electron chi connectivity index (χ0n) is 12.2. The molecule has 20 heavy (non-hydrogen) atoms. The molecule has 0 aliphatic rings. The Morgan fingerprint density at radius 2 is 2.00 bits per heavy atom. The maximum absolute atomic E-state index is 11.8. The lowest BCUT2D eigenvalue weighted by atomic mass is 10.1. The van der Waals surface area contributed by atoms with Gasteiger partial charge in [-0.25, -0.2) is 4.79 Å². The van der Waals surface area contributed by atoms with Crippen molar-refractivity contribution in [1.29, 1.82) is 0 Å². The Bertz CT molecular complexity index is 484. The summed E-state index contributed by atoms with van der Waals surface area (Å²) in [4.78, 5) is 22.9. The van der Waals surface area contributed by atoms with Crippen molar-refractivity contribution < 1.29 is 14.7 Å². The second-order valence-corrected chi connectivity index (χ2v) is 5.11. The molecule has 0 spiro atoms. The fraction of sp³-hybridized carbons (Fsp3) is 0.467. The quantitative estimate of drug-likeness (QED) is 0.669. The number of anilines is 1. The number of nitrogens with one attached hydrogen (secondary N) is 2. The van der Waals surface area contributed by atoms with Gasteiger partial charge in [-0.05, 0) is 32.0 Å². The Hall–Kier alpha value is -1.88. The van der Waals surface area contributed by atoms with Crippen molar-refractivity contribution in [2.75, 3.05) is 11.9 Å². The summed E-state index contributed by atoms with van der Waals surface area (Å²) >= 11 is 0. The molecule has 0 radical (unpaired) electrons. The summed E-state index contributed by atoms with van der Waals surface area (Å²) in [5.41, 5.74) is 1.32. The van der Waals surface area contributed by atoms with E-state index in [1.165, 1.54) is 0 Å². The molecule has 0 saturated heterocycles. The number of carbonyl (C=O) groups is 2. The number of hydrogen-bond donors (Lipinski definition) is 3. The van der Waals surface area contributed by atoms with Crippen molar-refractivity contribution in [2.45, 2.75) is 39.7 Å². The highest BCUT2D eigenvalue weighted by Gasteiger charge is 2.12. The van der Waals surface area contributed by atoms with Crippen LogP contribution in [-0.2, 0) is 4.79 Å². The maximum atomic E-state index is 11.8. The minimum atomic E-state index is -1.04. The number of hydrogen-bond acceptors (Lipinski definition) is 3. The van der Waals surface area contributed by atoms with Gasteiger partial charge in [0.05, 0.1) is 11.3 Å². The first-order valence-electron chi connectivity index (χ1n) is 6.77. The Morgan fingerprint density at radius 1 is 1.30 bits per heavy atom. The van der Waals surface area contributed by atoms with Crippen LogP contribution in [0.15, 0.2) is 18.2 Å². The van der Waals surface area contributed by atoms with Crippen LogP contribution in [0.3, 0.4) is 0 Å². The molecule has 0 aliphatic heterocycles. The number of carboxylic acids is 1. The second kappa shape index (κ2) is 7.65. The van der Waals surface area contributed by atoms with Crippen LogP contribution in [0.4, 0.5) is 5.69 Å². The molecule has 5 nitrogen and oxygen atoms in total. The van der Waals surface area contributed by atoms with E-state index in [1.54, 1.807) is 18.2 Å². The highest BCUT2D eigenvalue weighted by Crippen LogP contribution is 2.17. The molecule has 1 aromatic carbocycles. The molecule has 110 valence electrons. The monoisotopic (exact) mass is 278 g/mol. The molecule has 0 atom stereocenters. The number of carbonyl (C=O) groups excluding carboxylic acids is 1. The summed E-state index contributed by atoms with van der Waals surface area (Å²) in [5, 5.41) is 15.0. The minimum Gasteiger partial charge on any atom is -0.478 e. The van der Waals surface area contributed by atoms with E-state index in [1.807, 2.05) is 20.8 Å². The van der Waals surface area contributed by atoms with E-state index < -0.39 is 5.97 Å². The minimum absolute atomic E-state index is 0.124. The van der Waals surface area contributed by atoms with Crippen molar-refractivity contribution in [3.05, 3.63) is 29.3 Å². The Morgan fingerprint density at radius 3 is 2.60 bits per heavy atom. The zero-order chi connectivity index (χ0) is 15.1.